The van der Waals surface area contributed by atoms with Gasteiger partial charge < -0.3 is 18.3 Å². The zero-order chi connectivity index (χ0) is 52.9. The molecule has 0 saturated carbocycles. The van der Waals surface area contributed by atoms with Gasteiger partial charge in [-0.2, -0.15) is 36.9 Å². The highest BCUT2D eigenvalue weighted by Crippen LogP contribution is 2.50. The van der Waals surface area contributed by atoms with Crippen molar-refractivity contribution >= 4 is 109 Å². The maximum atomic E-state index is 15.3. The number of rotatable bonds is 4. The predicted octanol–water partition coefficient (Wildman–Crippen LogP) is 18.2. The van der Waals surface area contributed by atoms with E-state index < -0.39 is 23.5 Å². The number of nitrogens with zero attached hydrogens (tertiary/aromatic N) is 6. The highest BCUT2D eigenvalue weighted by molar-refractivity contribution is 6.18. The van der Waals surface area contributed by atoms with Gasteiger partial charge in [0.15, 0.2) is 0 Å². The van der Waals surface area contributed by atoms with Crippen molar-refractivity contribution < 1.29 is 26.3 Å². The van der Waals surface area contributed by atoms with Crippen molar-refractivity contribution in [1.82, 2.24) is 18.3 Å². The Hall–Kier alpha value is -10.3. The molecular formula is C66H34F6N6. The van der Waals surface area contributed by atoms with E-state index in [1.165, 1.54) is 12.1 Å². The molecule has 6 nitrogen and oxygen atoms in total. The summed E-state index contributed by atoms with van der Waals surface area (Å²) in [4.78, 5) is 0. The summed E-state index contributed by atoms with van der Waals surface area (Å²) in [6.07, 6.45) is -9.62. The van der Waals surface area contributed by atoms with Crippen LogP contribution in [0.2, 0.25) is 0 Å². The number of para-hydroxylation sites is 4. The van der Waals surface area contributed by atoms with Gasteiger partial charge in [0.1, 0.15) is 23.3 Å². The van der Waals surface area contributed by atoms with Gasteiger partial charge in [0.05, 0.1) is 78.0 Å². The molecule has 0 aliphatic carbocycles. The Morgan fingerprint density at radius 2 is 0.551 bits per heavy atom. The average Bonchev–Trinajstić information content (AvgIpc) is 4.18. The van der Waals surface area contributed by atoms with Crippen molar-refractivity contribution in [2.75, 3.05) is 0 Å². The van der Waals surface area contributed by atoms with Crippen LogP contribution in [0.15, 0.2) is 206 Å². The van der Waals surface area contributed by atoms with Crippen LogP contribution >= 0.6 is 0 Å². The fraction of sp³-hybridized carbons (Fsp3) is 0.0303. The third-order valence-electron chi connectivity index (χ3n) is 15.6. The second-order valence-electron chi connectivity index (χ2n) is 19.7. The molecule has 0 amide bonds. The first-order valence-corrected chi connectivity index (χ1v) is 25.0. The molecule has 0 spiro atoms. The molecule has 0 radical (unpaired) electrons. The summed E-state index contributed by atoms with van der Waals surface area (Å²) in [5, 5.41) is 33.6. The number of hydrogen-bond acceptors (Lipinski definition) is 2. The minimum Gasteiger partial charge on any atom is -0.306 e. The monoisotopic (exact) mass is 1020 g/mol. The molecule has 0 aliphatic heterocycles. The van der Waals surface area contributed by atoms with E-state index in [4.69, 9.17) is 0 Å². The lowest BCUT2D eigenvalue weighted by atomic mass is 9.98. The lowest BCUT2D eigenvalue weighted by Crippen LogP contribution is -2.17. The van der Waals surface area contributed by atoms with E-state index in [0.29, 0.717) is 54.6 Å². The normalized spacial score (nSPS) is 12.5. The first-order chi connectivity index (χ1) is 37.9. The van der Waals surface area contributed by atoms with Gasteiger partial charge in [-0.05, 0) is 94.3 Å². The number of fused-ring (bicyclic) bond motifs is 14. The molecule has 15 aromatic rings. The molecule has 0 unspecified atom stereocenters. The number of nitriles is 2. The van der Waals surface area contributed by atoms with Crippen molar-refractivity contribution in [2.45, 2.75) is 12.4 Å². The Morgan fingerprint density at radius 1 is 0.269 bits per heavy atom. The zero-order valence-corrected chi connectivity index (χ0v) is 40.6. The first-order valence-electron chi connectivity index (χ1n) is 25.0. The Bertz CT molecular complexity index is 5230. The largest absolute Gasteiger partial charge is 0.416 e. The van der Waals surface area contributed by atoms with Gasteiger partial charge in [-0.1, -0.05) is 133 Å². The molecule has 0 N–H and O–H groups in total. The summed E-state index contributed by atoms with van der Waals surface area (Å²) in [6, 6.07) is 65.6. The molecule has 0 fully saturated rings. The Morgan fingerprint density at radius 3 is 0.910 bits per heavy atom. The van der Waals surface area contributed by atoms with E-state index in [0.717, 1.165) is 67.4 Å². The maximum absolute atomic E-state index is 15.3. The van der Waals surface area contributed by atoms with Crippen molar-refractivity contribution in [3.63, 3.8) is 0 Å². The second-order valence-corrected chi connectivity index (χ2v) is 19.7. The molecule has 370 valence electrons. The van der Waals surface area contributed by atoms with E-state index in [-0.39, 0.29) is 44.9 Å². The SMILES string of the molecule is N#Cc1c(-n2c3ccccc3c3cc4ccccc4cc32)c(C#N)c(-n2c3ccccc3c3cc4ccccc4cc32)c(-n2c3ccccc3c3ccc(C(F)(F)F)cc32)c1-n1c2ccccc2c2ccc(C(F)(F)F)cc21. The van der Waals surface area contributed by atoms with Crippen LogP contribution in [0.5, 0.6) is 0 Å². The van der Waals surface area contributed by atoms with Crippen LogP contribution in [0.25, 0.3) is 132 Å². The topological polar surface area (TPSA) is 67.3 Å². The number of benzene rings is 11. The maximum Gasteiger partial charge on any atom is 0.416 e. The molecule has 12 heteroatoms. The minimum absolute atomic E-state index is 0.0217. The Kier molecular flexibility index (Phi) is 9.32. The smallest absolute Gasteiger partial charge is 0.306 e. The van der Waals surface area contributed by atoms with Crippen LogP contribution in [-0.2, 0) is 12.4 Å². The van der Waals surface area contributed by atoms with Gasteiger partial charge in [-0.15, -0.1) is 0 Å². The molecule has 4 heterocycles. The lowest BCUT2D eigenvalue weighted by Gasteiger charge is -2.27. The van der Waals surface area contributed by atoms with E-state index in [1.54, 1.807) is 57.7 Å². The molecule has 78 heavy (non-hydrogen) atoms. The van der Waals surface area contributed by atoms with Crippen LogP contribution in [0.4, 0.5) is 26.3 Å². The standard InChI is InChI=1S/C66H34F6N6/c67-65(68,69)41-25-27-47-43-17-5-9-21-53(43)77(59(47)33-41)63-52(36-74)61(75-55-23-11-7-19-45(55)49-29-37-13-1-3-15-39(37)31-57(49)75)51(35-73)62(76-56-24-12-8-20-46(56)50-30-38-14-2-4-16-40(38)32-58(50)76)64(63)78-54-22-10-6-18-44(54)48-28-26-42(34-60(48)78)66(70,71)72/h1-34H. The van der Waals surface area contributed by atoms with Crippen LogP contribution < -0.4 is 0 Å². The van der Waals surface area contributed by atoms with Crippen LogP contribution in [0.3, 0.4) is 0 Å². The van der Waals surface area contributed by atoms with Crippen LogP contribution in [-0.4, -0.2) is 18.3 Å². The van der Waals surface area contributed by atoms with Gasteiger partial charge in [-0.25, -0.2) is 0 Å². The molecule has 11 aromatic carbocycles. The minimum atomic E-state index is -4.81. The summed E-state index contributed by atoms with van der Waals surface area (Å²) >= 11 is 0. The average molecular weight is 1030 g/mol. The van der Waals surface area contributed by atoms with Gasteiger partial charge in [0, 0.05) is 43.1 Å². The van der Waals surface area contributed by atoms with Crippen molar-refractivity contribution in [1.29, 1.82) is 10.5 Å². The van der Waals surface area contributed by atoms with Crippen LogP contribution in [0.1, 0.15) is 22.3 Å². The highest BCUT2D eigenvalue weighted by Gasteiger charge is 2.37. The van der Waals surface area contributed by atoms with E-state index in [1.807, 2.05) is 118 Å². The summed E-state index contributed by atoms with van der Waals surface area (Å²) < 4.78 is 98.7. The van der Waals surface area contributed by atoms with Crippen molar-refractivity contribution in [3.05, 3.63) is 229 Å². The number of aromatic nitrogens is 4. The second kappa shape index (κ2) is 16.1. The fourth-order valence-corrected chi connectivity index (χ4v) is 12.3. The number of hydrogen-bond donors (Lipinski definition) is 0. The molecule has 4 aromatic heterocycles. The van der Waals surface area contributed by atoms with E-state index in [9.17, 15) is 10.5 Å². The molecule has 0 bridgehead atoms. The summed E-state index contributed by atoms with van der Waals surface area (Å²) in [7, 11) is 0. The quantitative estimate of drug-likeness (QED) is 0.165. The van der Waals surface area contributed by atoms with E-state index in [2.05, 4.69) is 24.3 Å². The Balaban J connectivity index is 1.29. The first kappa shape index (κ1) is 45.1. The number of halogens is 6. The van der Waals surface area contributed by atoms with Crippen LogP contribution in [0, 0.1) is 22.7 Å². The van der Waals surface area contributed by atoms with Gasteiger partial charge in [-0.3, -0.25) is 0 Å². The Labute approximate surface area is 437 Å². The molecule has 0 atom stereocenters. The van der Waals surface area contributed by atoms with Crippen molar-refractivity contribution in [3.8, 4) is 34.9 Å². The highest BCUT2D eigenvalue weighted by atomic mass is 19.4. The third kappa shape index (κ3) is 6.25. The summed E-state index contributed by atoms with van der Waals surface area (Å²) in [5.41, 5.74) is 1.85. The molecule has 15 rings (SSSR count). The summed E-state index contributed by atoms with van der Waals surface area (Å²) in [5.74, 6) is 0. The van der Waals surface area contributed by atoms with Crippen molar-refractivity contribution in [2.24, 2.45) is 0 Å². The molecule has 0 saturated heterocycles. The predicted molar refractivity (Wildman–Crippen MR) is 298 cm³/mol. The number of alkyl halides is 6. The molecular weight excluding hydrogens is 991 g/mol. The zero-order valence-electron chi connectivity index (χ0n) is 40.6. The van der Waals surface area contributed by atoms with Gasteiger partial charge >= 0.3 is 12.4 Å². The van der Waals surface area contributed by atoms with Gasteiger partial charge in [0.2, 0.25) is 0 Å². The lowest BCUT2D eigenvalue weighted by molar-refractivity contribution is -0.138. The van der Waals surface area contributed by atoms with Gasteiger partial charge in [0.25, 0.3) is 0 Å². The van der Waals surface area contributed by atoms with E-state index >= 15 is 26.3 Å². The summed E-state index contributed by atoms with van der Waals surface area (Å²) in [6.45, 7) is 0. The fourth-order valence-electron chi connectivity index (χ4n) is 12.3. The molecule has 0 aliphatic rings. The third-order valence-corrected chi connectivity index (χ3v) is 15.6.